The molecule has 2 nitrogen and oxygen atoms in total. The number of hydrogen-bond donors (Lipinski definition) is 1. The molecule has 0 unspecified atom stereocenters. The maximum atomic E-state index is 10.6. The molecule has 0 spiro atoms. The normalized spacial score (nSPS) is 15.0. The van der Waals surface area contributed by atoms with Gasteiger partial charge in [0.2, 0.25) is 0 Å². The summed E-state index contributed by atoms with van der Waals surface area (Å²) in [5.41, 5.74) is 5.72. The first-order valence-corrected chi connectivity index (χ1v) is 11.2. The smallest absolute Gasteiger partial charge is 0.106 e. The first-order valence-electron chi connectivity index (χ1n) is 10.4. The average Bonchev–Trinajstić information content (AvgIpc) is 2.94. The van der Waals surface area contributed by atoms with E-state index in [0.29, 0.717) is 0 Å². The van der Waals surface area contributed by atoms with Crippen LogP contribution in [0, 0.1) is 0 Å². The van der Waals surface area contributed by atoms with Crippen LogP contribution in [-0.2, 0) is 9.60 Å². The molecule has 3 aromatic rings. The van der Waals surface area contributed by atoms with Crippen LogP contribution in [0.4, 0.5) is 0 Å². The lowest BCUT2D eigenvalue weighted by Crippen LogP contribution is -2.45. The molecule has 0 saturated heterocycles. The summed E-state index contributed by atoms with van der Waals surface area (Å²) in [6.45, 7) is 12.0. The van der Waals surface area contributed by atoms with Crippen molar-refractivity contribution >= 4 is 12.0 Å². The third kappa shape index (κ3) is 3.39. The Hall–Kier alpha value is -2.07. The molecule has 0 aliphatic heterocycles. The van der Waals surface area contributed by atoms with Crippen molar-refractivity contribution in [2.75, 3.05) is 0 Å². The Kier molecular flexibility index (Phi) is 5.13. The second-order valence-electron chi connectivity index (χ2n) is 9.64. The standard InChI is InChI=1S/C27H30O2S/c1-25(2)21-15-11-10-14-20(21)23-22(25)17-16-19(18-12-8-7-9-13-18)24(23)30-29-27(5,6)26(3,4)28/h7-17,28H,1-6H3. The van der Waals surface area contributed by atoms with Crippen molar-refractivity contribution in [3.63, 3.8) is 0 Å². The molecule has 1 aliphatic rings. The highest BCUT2D eigenvalue weighted by molar-refractivity contribution is 7.95. The van der Waals surface area contributed by atoms with Crippen molar-refractivity contribution in [1.29, 1.82) is 0 Å². The minimum Gasteiger partial charge on any atom is -0.387 e. The lowest BCUT2D eigenvalue weighted by Gasteiger charge is -2.36. The second-order valence-corrected chi connectivity index (χ2v) is 10.4. The zero-order valence-corrected chi connectivity index (χ0v) is 19.4. The Balaban J connectivity index is 1.92. The summed E-state index contributed by atoms with van der Waals surface area (Å²) in [4.78, 5) is 1.11. The fourth-order valence-electron chi connectivity index (χ4n) is 3.94. The van der Waals surface area contributed by atoms with E-state index < -0.39 is 11.2 Å². The summed E-state index contributed by atoms with van der Waals surface area (Å²) in [5.74, 6) is 0. The molecule has 156 valence electrons. The highest BCUT2D eigenvalue weighted by Gasteiger charge is 2.40. The molecule has 0 amide bonds. The van der Waals surface area contributed by atoms with Crippen molar-refractivity contribution in [2.24, 2.45) is 0 Å². The number of aliphatic hydroxyl groups is 1. The van der Waals surface area contributed by atoms with Crippen LogP contribution < -0.4 is 0 Å². The topological polar surface area (TPSA) is 29.5 Å². The van der Waals surface area contributed by atoms with Gasteiger partial charge in [0.1, 0.15) is 5.60 Å². The third-order valence-electron chi connectivity index (χ3n) is 6.59. The Morgan fingerprint density at radius 3 is 2.07 bits per heavy atom. The van der Waals surface area contributed by atoms with Crippen molar-refractivity contribution in [3.8, 4) is 22.3 Å². The van der Waals surface area contributed by atoms with Crippen LogP contribution in [0.1, 0.15) is 52.7 Å². The van der Waals surface area contributed by atoms with Gasteiger partial charge in [0.05, 0.1) is 10.5 Å². The van der Waals surface area contributed by atoms with Gasteiger partial charge in [0.15, 0.2) is 0 Å². The summed E-state index contributed by atoms with van der Waals surface area (Å²) in [5, 5.41) is 10.6. The quantitative estimate of drug-likeness (QED) is 0.443. The maximum Gasteiger partial charge on any atom is 0.106 e. The summed E-state index contributed by atoms with van der Waals surface area (Å²) in [7, 11) is 0. The first-order chi connectivity index (χ1) is 14.0. The SMILES string of the molecule is CC1(C)c2ccccc2-c2c1ccc(-c1ccccc1)c2SOC(C)(C)C(C)(C)O. The van der Waals surface area contributed by atoms with E-state index in [1.54, 1.807) is 13.8 Å². The molecule has 4 rings (SSSR count). The predicted octanol–water partition coefficient (Wildman–Crippen LogP) is 7.23. The average molecular weight is 419 g/mol. The zero-order valence-electron chi connectivity index (χ0n) is 18.6. The molecule has 30 heavy (non-hydrogen) atoms. The molecular weight excluding hydrogens is 388 g/mol. The zero-order chi connectivity index (χ0) is 21.7. The van der Waals surface area contributed by atoms with Gasteiger partial charge in [-0.05, 0) is 55.5 Å². The summed E-state index contributed by atoms with van der Waals surface area (Å²) < 4.78 is 6.32. The van der Waals surface area contributed by atoms with Crippen LogP contribution in [0.25, 0.3) is 22.3 Å². The summed E-state index contributed by atoms with van der Waals surface area (Å²) in [6, 6.07) is 23.6. The first kappa shape index (κ1) is 21.2. The van der Waals surface area contributed by atoms with Crippen molar-refractivity contribution in [1.82, 2.24) is 0 Å². The van der Waals surface area contributed by atoms with E-state index in [2.05, 4.69) is 74.5 Å². The van der Waals surface area contributed by atoms with Crippen LogP contribution in [0.15, 0.2) is 71.6 Å². The van der Waals surface area contributed by atoms with Gasteiger partial charge < -0.3 is 9.29 Å². The van der Waals surface area contributed by atoms with Crippen LogP contribution in [0.5, 0.6) is 0 Å². The van der Waals surface area contributed by atoms with Gasteiger partial charge in [-0.15, -0.1) is 0 Å². The monoisotopic (exact) mass is 418 g/mol. The van der Waals surface area contributed by atoms with Crippen LogP contribution >= 0.6 is 12.0 Å². The number of rotatable bonds is 5. The third-order valence-corrected chi connectivity index (χ3v) is 7.68. The van der Waals surface area contributed by atoms with E-state index in [9.17, 15) is 5.11 Å². The Labute approximate surface area is 184 Å². The lowest BCUT2D eigenvalue weighted by molar-refractivity contribution is -0.0813. The molecule has 0 atom stereocenters. The van der Waals surface area contributed by atoms with Crippen LogP contribution in [-0.4, -0.2) is 16.3 Å². The fourth-order valence-corrected chi connectivity index (χ4v) is 5.02. The molecule has 1 aliphatic carbocycles. The Bertz CT molecular complexity index is 1080. The molecule has 0 aromatic heterocycles. The van der Waals surface area contributed by atoms with Crippen LogP contribution in [0.3, 0.4) is 0 Å². The van der Waals surface area contributed by atoms with Gasteiger partial charge in [0.25, 0.3) is 0 Å². The number of hydrogen-bond acceptors (Lipinski definition) is 3. The van der Waals surface area contributed by atoms with Crippen LogP contribution in [0.2, 0.25) is 0 Å². The molecule has 0 fully saturated rings. The van der Waals surface area contributed by atoms with Gasteiger partial charge in [0, 0.05) is 23.0 Å². The largest absolute Gasteiger partial charge is 0.387 e. The molecule has 3 heteroatoms. The van der Waals surface area contributed by atoms with Crippen molar-refractivity contribution < 1.29 is 9.29 Å². The Morgan fingerprint density at radius 2 is 1.40 bits per heavy atom. The number of benzene rings is 3. The van der Waals surface area contributed by atoms with Crippen molar-refractivity contribution in [2.45, 2.75) is 63.1 Å². The van der Waals surface area contributed by atoms with Gasteiger partial charge in [-0.3, -0.25) is 0 Å². The second kappa shape index (κ2) is 7.26. The molecule has 0 heterocycles. The highest BCUT2D eigenvalue weighted by atomic mass is 32.2. The highest BCUT2D eigenvalue weighted by Crippen LogP contribution is 2.54. The summed E-state index contributed by atoms with van der Waals surface area (Å²) >= 11 is 1.39. The number of fused-ring (bicyclic) bond motifs is 3. The van der Waals surface area contributed by atoms with E-state index in [1.165, 1.54) is 34.3 Å². The van der Waals surface area contributed by atoms with E-state index in [0.717, 1.165) is 16.0 Å². The van der Waals surface area contributed by atoms with Gasteiger partial charge in [-0.2, -0.15) is 0 Å². The molecule has 0 radical (unpaired) electrons. The van der Waals surface area contributed by atoms with Gasteiger partial charge in [-0.1, -0.05) is 80.6 Å². The Morgan fingerprint density at radius 1 is 0.767 bits per heavy atom. The predicted molar refractivity (Wildman–Crippen MR) is 127 cm³/mol. The minimum atomic E-state index is -0.970. The molecule has 0 bridgehead atoms. The fraction of sp³-hybridized carbons (Fsp3) is 0.333. The van der Waals surface area contributed by atoms with Gasteiger partial charge >= 0.3 is 0 Å². The van der Waals surface area contributed by atoms with E-state index in [1.807, 2.05) is 19.9 Å². The molecule has 1 N–H and O–H groups in total. The maximum absolute atomic E-state index is 10.6. The van der Waals surface area contributed by atoms with E-state index in [4.69, 9.17) is 4.18 Å². The minimum absolute atomic E-state index is 0.0672. The van der Waals surface area contributed by atoms with E-state index in [-0.39, 0.29) is 5.41 Å². The van der Waals surface area contributed by atoms with E-state index >= 15 is 0 Å². The molecule has 3 aromatic carbocycles. The molecular formula is C27H30O2S. The summed E-state index contributed by atoms with van der Waals surface area (Å²) in [6.07, 6.45) is 0. The molecule has 0 saturated carbocycles. The van der Waals surface area contributed by atoms with Crippen molar-refractivity contribution in [3.05, 3.63) is 77.9 Å². The lowest BCUT2D eigenvalue weighted by atomic mass is 9.82. The van der Waals surface area contributed by atoms with Gasteiger partial charge in [-0.25, -0.2) is 0 Å².